The Kier molecular flexibility index (Phi) is 8.39. The molecule has 0 aliphatic carbocycles. The zero-order valence-electron chi connectivity index (χ0n) is 24.0. The van der Waals surface area contributed by atoms with E-state index in [0.717, 1.165) is 22.2 Å². The van der Waals surface area contributed by atoms with E-state index >= 15 is 0 Å². The molecule has 216 valence electrons. The summed E-state index contributed by atoms with van der Waals surface area (Å²) in [6, 6.07) is 28.2. The van der Waals surface area contributed by atoms with Crippen LogP contribution >= 0.6 is 0 Å². The quantitative estimate of drug-likeness (QED) is 0.292. The Morgan fingerprint density at radius 1 is 0.884 bits per heavy atom. The average molecular weight is 575 g/mol. The van der Waals surface area contributed by atoms with Gasteiger partial charge in [0.05, 0.1) is 50.2 Å². The molecule has 1 atom stereocenters. The van der Waals surface area contributed by atoms with Crippen LogP contribution in [0, 0.1) is 11.3 Å². The largest absolute Gasteiger partial charge is 0.494 e. The first-order valence-corrected chi connectivity index (χ1v) is 13.6. The van der Waals surface area contributed by atoms with E-state index in [9.17, 15) is 14.9 Å². The highest BCUT2D eigenvalue weighted by atomic mass is 16.5. The third-order valence-corrected chi connectivity index (χ3v) is 7.45. The lowest BCUT2D eigenvalue weighted by molar-refractivity contribution is -0.139. The van der Waals surface area contributed by atoms with Crippen molar-refractivity contribution in [3.63, 3.8) is 0 Å². The number of fused-ring (bicyclic) bond motifs is 1. The first-order chi connectivity index (χ1) is 20.9. The van der Waals surface area contributed by atoms with Crippen molar-refractivity contribution in [2.45, 2.75) is 18.8 Å². The molecule has 1 aliphatic rings. The molecule has 5 rings (SSSR count). The number of nitriles is 1. The lowest BCUT2D eigenvalue weighted by atomic mass is 9.80. The van der Waals surface area contributed by atoms with Crippen molar-refractivity contribution in [3.05, 3.63) is 124 Å². The number of methoxy groups -OCH3 is 3. The zero-order valence-corrected chi connectivity index (χ0v) is 24.0. The van der Waals surface area contributed by atoms with Crippen molar-refractivity contribution < 1.29 is 23.8 Å². The Labute approximate surface area is 249 Å². The van der Waals surface area contributed by atoms with Crippen molar-refractivity contribution >= 4 is 28.5 Å². The summed E-state index contributed by atoms with van der Waals surface area (Å²) in [5.41, 5.74) is 10.2. The maximum atomic E-state index is 13.5. The maximum Gasteiger partial charge on any atom is 0.355 e. The van der Waals surface area contributed by atoms with Gasteiger partial charge in [0.2, 0.25) is 0 Å². The average Bonchev–Trinajstić information content (AvgIpc) is 3.06. The number of hydrogen-bond acceptors (Lipinski definition) is 9. The smallest absolute Gasteiger partial charge is 0.355 e. The number of anilines is 1. The van der Waals surface area contributed by atoms with E-state index in [4.69, 9.17) is 24.9 Å². The molecule has 43 heavy (non-hydrogen) atoms. The van der Waals surface area contributed by atoms with Gasteiger partial charge in [-0.2, -0.15) is 5.26 Å². The van der Waals surface area contributed by atoms with E-state index in [1.54, 1.807) is 43.5 Å². The summed E-state index contributed by atoms with van der Waals surface area (Å²) in [6.07, 6.45) is 1.07. The maximum absolute atomic E-state index is 13.5. The molecule has 1 unspecified atom stereocenters. The molecule has 0 saturated carbocycles. The number of nitrogens with two attached hydrogens (primary N) is 1. The van der Waals surface area contributed by atoms with Crippen molar-refractivity contribution in [3.8, 4) is 11.8 Å². The van der Waals surface area contributed by atoms with Gasteiger partial charge in [0.15, 0.2) is 0 Å². The van der Waals surface area contributed by atoms with Gasteiger partial charge >= 0.3 is 11.9 Å². The lowest BCUT2D eigenvalue weighted by Crippen LogP contribution is -2.41. The van der Waals surface area contributed by atoms with Crippen LogP contribution < -0.4 is 15.4 Å². The van der Waals surface area contributed by atoms with Gasteiger partial charge in [-0.15, -0.1) is 0 Å². The number of esters is 2. The summed E-state index contributed by atoms with van der Waals surface area (Å²) in [5.74, 6) is -1.80. The molecular weight excluding hydrogens is 544 g/mol. The molecular formula is C34H30N4O5. The second kappa shape index (κ2) is 12.5. The Balaban J connectivity index is 1.64. The van der Waals surface area contributed by atoms with Crippen LogP contribution in [0.2, 0.25) is 0 Å². The second-order valence-electron chi connectivity index (χ2n) is 9.80. The molecule has 9 heteroatoms. The monoisotopic (exact) mass is 574 g/mol. The Morgan fingerprint density at radius 3 is 2.30 bits per heavy atom. The number of para-hydroxylation sites is 2. The SMILES string of the molecule is COC(=O)C1=C(C(=O)OC)N(c2ccccc2CCc2ccc3cccc(OC)c3n2)C(N)=C(C#N)C1c1ccccc1. The van der Waals surface area contributed by atoms with Crippen LogP contribution in [0.15, 0.2) is 108 Å². The molecule has 0 saturated heterocycles. The van der Waals surface area contributed by atoms with Gasteiger partial charge in [0, 0.05) is 11.1 Å². The minimum Gasteiger partial charge on any atom is -0.494 e. The standard InChI is InChI=1S/C34H30N4O5/c1-41-27-15-9-13-23-17-19-24(37-30(23)27)18-16-21-10-7-8-14-26(21)38-31(34(40)43-3)29(33(39)42-2)28(25(20-35)32(38)36)22-11-5-4-6-12-22/h4-15,17,19,28H,16,18,36H2,1-3H3. The molecule has 0 amide bonds. The minimum atomic E-state index is -0.937. The fourth-order valence-electron chi connectivity index (χ4n) is 5.43. The topological polar surface area (TPSA) is 128 Å². The molecule has 1 aliphatic heterocycles. The van der Waals surface area contributed by atoms with Gasteiger partial charge in [0.25, 0.3) is 0 Å². The van der Waals surface area contributed by atoms with Crippen molar-refractivity contribution in [1.82, 2.24) is 4.98 Å². The van der Waals surface area contributed by atoms with Crippen molar-refractivity contribution in [2.24, 2.45) is 5.73 Å². The number of allylic oxidation sites excluding steroid dienone is 1. The van der Waals surface area contributed by atoms with Crippen LogP contribution in [-0.2, 0) is 31.9 Å². The molecule has 2 N–H and O–H groups in total. The van der Waals surface area contributed by atoms with Crippen LogP contribution in [0.4, 0.5) is 5.69 Å². The van der Waals surface area contributed by atoms with Crippen LogP contribution in [0.25, 0.3) is 10.9 Å². The fourth-order valence-corrected chi connectivity index (χ4v) is 5.43. The zero-order chi connectivity index (χ0) is 30.5. The van der Waals surface area contributed by atoms with E-state index in [1.165, 1.54) is 19.1 Å². The van der Waals surface area contributed by atoms with Gasteiger partial charge in [0.1, 0.15) is 22.8 Å². The second-order valence-corrected chi connectivity index (χ2v) is 9.80. The predicted molar refractivity (Wildman–Crippen MR) is 162 cm³/mol. The van der Waals surface area contributed by atoms with Crippen LogP contribution in [-0.4, -0.2) is 38.3 Å². The summed E-state index contributed by atoms with van der Waals surface area (Å²) in [5, 5.41) is 11.3. The molecule has 0 fully saturated rings. The molecule has 2 heterocycles. The predicted octanol–water partition coefficient (Wildman–Crippen LogP) is 4.93. The number of carbonyl (C=O) groups is 2. The third-order valence-electron chi connectivity index (χ3n) is 7.45. The van der Waals surface area contributed by atoms with Gasteiger partial charge in [-0.05, 0) is 42.2 Å². The molecule has 1 aromatic heterocycles. The van der Waals surface area contributed by atoms with Crippen molar-refractivity contribution in [1.29, 1.82) is 5.26 Å². The van der Waals surface area contributed by atoms with E-state index in [0.29, 0.717) is 29.8 Å². The molecule has 9 nitrogen and oxygen atoms in total. The van der Waals surface area contributed by atoms with Gasteiger partial charge in [-0.25, -0.2) is 14.6 Å². The number of benzene rings is 3. The Hall–Kier alpha value is -5.62. The van der Waals surface area contributed by atoms with E-state index in [1.807, 2.05) is 48.5 Å². The molecule has 0 spiro atoms. The number of rotatable bonds is 8. The Bertz CT molecular complexity index is 1810. The minimum absolute atomic E-state index is 0.0189. The summed E-state index contributed by atoms with van der Waals surface area (Å²) < 4.78 is 15.8. The summed E-state index contributed by atoms with van der Waals surface area (Å²) in [6.45, 7) is 0. The molecule has 3 aromatic carbocycles. The molecule has 0 bridgehead atoms. The molecule has 4 aromatic rings. The van der Waals surface area contributed by atoms with Crippen LogP contribution in [0.3, 0.4) is 0 Å². The van der Waals surface area contributed by atoms with Crippen LogP contribution in [0.5, 0.6) is 5.75 Å². The van der Waals surface area contributed by atoms with Crippen LogP contribution in [0.1, 0.15) is 22.7 Å². The summed E-state index contributed by atoms with van der Waals surface area (Å²) in [4.78, 5) is 33.1. The number of pyridine rings is 1. The number of carbonyl (C=O) groups excluding carboxylic acids is 2. The van der Waals surface area contributed by atoms with Gasteiger partial charge < -0.3 is 19.9 Å². The highest BCUT2D eigenvalue weighted by molar-refractivity contribution is 6.06. The number of hydrogen-bond donors (Lipinski definition) is 1. The highest BCUT2D eigenvalue weighted by Gasteiger charge is 2.43. The van der Waals surface area contributed by atoms with E-state index < -0.39 is 17.9 Å². The van der Waals surface area contributed by atoms with E-state index in [2.05, 4.69) is 6.07 Å². The number of ether oxygens (including phenoxy) is 3. The third kappa shape index (κ3) is 5.38. The van der Waals surface area contributed by atoms with Gasteiger partial charge in [-0.1, -0.05) is 66.7 Å². The fraction of sp³-hybridized carbons (Fsp3) is 0.176. The van der Waals surface area contributed by atoms with Crippen molar-refractivity contribution in [2.75, 3.05) is 26.2 Å². The van der Waals surface area contributed by atoms with Gasteiger partial charge in [-0.3, -0.25) is 4.90 Å². The normalized spacial score (nSPS) is 14.8. The lowest BCUT2D eigenvalue weighted by Gasteiger charge is -2.36. The first-order valence-electron chi connectivity index (χ1n) is 13.6. The number of aromatic nitrogens is 1. The molecule has 0 radical (unpaired) electrons. The number of nitrogens with zero attached hydrogens (tertiary/aromatic N) is 3. The Morgan fingerprint density at radius 2 is 1.60 bits per heavy atom. The summed E-state index contributed by atoms with van der Waals surface area (Å²) in [7, 11) is 4.07. The van der Waals surface area contributed by atoms with E-state index in [-0.39, 0.29) is 22.7 Å². The summed E-state index contributed by atoms with van der Waals surface area (Å²) >= 11 is 0. The highest BCUT2D eigenvalue weighted by Crippen LogP contribution is 2.44. The number of aryl methyl sites for hydroxylation is 2. The first kappa shape index (κ1) is 28.9.